The number of carbonyl (C=O) groups is 1. The predicted molar refractivity (Wildman–Crippen MR) is 65.4 cm³/mol. The predicted octanol–water partition coefficient (Wildman–Crippen LogP) is 1.04. The lowest BCUT2D eigenvalue weighted by Crippen LogP contribution is -2.33. The van der Waals surface area contributed by atoms with Gasteiger partial charge >= 0.3 is 0 Å². The van der Waals surface area contributed by atoms with Gasteiger partial charge in [0, 0.05) is 18.3 Å². The van der Waals surface area contributed by atoms with Crippen LogP contribution in [0, 0.1) is 0 Å². The van der Waals surface area contributed by atoms with E-state index in [1.807, 2.05) is 19.9 Å². The Kier molecular flexibility index (Phi) is 2.34. The molecular weight excluding hydrogens is 218 g/mol. The average molecular weight is 233 g/mol. The molecule has 0 spiro atoms. The summed E-state index contributed by atoms with van der Waals surface area (Å²) in [5.74, 6) is 0.0857. The number of benzene rings is 1. The van der Waals surface area contributed by atoms with Gasteiger partial charge in [0.15, 0.2) is 5.84 Å². The van der Waals surface area contributed by atoms with Gasteiger partial charge < -0.3 is 15.8 Å². The Morgan fingerprint density at radius 2 is 2.12 bits per heavy atom. The highest BCUT2D eigenvalue weighted by Crippen LogP contribution is 2.40. The fourth-order valence-electron chi connectivity index (χ4n) is 2.20. The monoisotopic (exact) mass is 233 g/mol. The molecule has 1 aromatic rings. The molecule has 1 aromatic carbocycles. The number of nitrogens with two attached hydrogens (primary N) is 1. The van der Waals surface area contributed by atoms with Crippen molar-refractivity contribution in [3.8, 4) is 0 Å². The number of nitrogens with zero attached hydrogens (tertiary/aromatic N) is 2. The van der Waals surface area contributed by atoms with E-state index in [1.165, 1.54) is 0 Å². The maximum Gasteiger partial charge on any atom is 0.236 e. The molecule has 0 atom stereocenters. The molecule has 1 heterocycles. The minimum Gasteiger partial charge on any atom is -0.409 e. The van der Waals surface area contributed by atoms with Crippen LogP contribution in [0.25, 0.3) is 0 Å². The lowest BCUT2D eigenvalue weighted by atomic mass is 9.86. The Labute approximate surface area is 99.5 Å². The third kappa shape index (κ3) is 1.46. The van der Waals surface area contributed by atoms with Gasteiger partial charge in [-0.05, 0) is 25.5 Å². The van der Waals surface area contributed by atoms with Gasteiger partial charge in [-0.25, -0.2) is 0 Å². The largest absolute Gasteiger partial charge is 0.409 e. The summed E-state index contributed by atoms with van der Waals surface area (Å²) >= 11 is 0. The minimum atomic E-state index is -0.520. The van der Waals surface area contributed by atoms with Crippen molar-refractivity contribution < 1.29 is 10.0 Å². The number of hydrogen-bond donors (Lipinski definition) is 2. The Morgan fingerprint density at radius 1 is 1.47 bits per heavy atom. The van der Waals surface area contributed by atoms with E-state index in [0.29, 0.717) is 5.56 Å². The van der Waals surface area contributed by atoms with Crippen LogP contribution >= 0.6 is 0 Å². The van der Waals surface area contributed by atoms with E-state index in [-0.39, 0.29) is 11.7 Å². The molecule has 3 N–H and O–H groups in total. The van der Waals surface area contributed by atoms with Gasteiger partial charge in [0.25, 0.3) is 0 Å². The summed E-state index contributed by atoms with van der Waals surface area (Å²) in [7, 11) is 1.73. The average Bonchev–Trinajstić information content (AvgIpc) is 2.50. The highest BCUT2D eigenvalue weighted by Gasteiger charge is 2.42. The molecule has 5 heteroatoms. The Morgan fingerprint density at radius 3 is 2.71 bits per heavy atom. The lowest BCUT2D eigenvalue weighted by Gasteiger charge is -2.16. The second-order valence-electron chi connectivity index (χ2n) is 4.71. The molecule has 0 saturated carbocycles. The highest BCUT2D eigenvalue weighted by atomic mass is 16.4. The van der Waals surface area contributed by atoms with Crippen LogP contribution in [0.3, 0.4) is 0 Å². The van der Waals surface area contributed by atoms with Gasteiger partial charge in [0.1, 0.15) is 0 Å². The van der Waals surface area contributed by atoms with Crippen molar-refractivity contribution in [1.82, 2.24) is 0 Å². The van der Waals surface area contributed by atoms with Crippen molar-refractivity contribution >= 4 is 17.4 Å². The van der Waals surface area contributed by atoms with E-state index < -0.39 is 5.41 Å². The third-order valence-corrected chi connectivity index (χ3v) is 3.28. The van der Waals surface area contributed by atoms with Crippen LogP contribution in [0.5, 0.6) is 0 Å². The fourth-order valence-corrected chi connectivity index (χ4v) is 2.20. The first kappa shape index (κ1) is 11.4. The summed E-state index contributed by atoms with van der Waals surface area (Å²) in [4.78, 5) is 13.7. The lowest BCUT2D eigenvalue weighted by molar-refractivity contribution is -0.121. The summed E-state index contributed by atoms with van der Waals surface area (Å²) < 4.78 is 0. The van der Waals surface area contributed by atoms with E-state index in [2.05, 4.69) is 5.16 Å². The van der Waals surface area contributed by atoms with Crippen LogP contribution in [0.2, 0.25) is 0 Å². The molecule has 1 aliphatic heterocycles. The molecule has 2 rings (SSSR count). The summed E-state index contributed by atoms with van der Waals surface area (Å²) in [6, 6.07) is 5.36. The summed E-state index contributed by atoms with van der Waals surface area (Å²) in [5.41, 5.74) is 7.38. The van der Waals surface area contributed by atoms with Crippen LogP contribution in [0.1, 0.15) is 25.0 Å². The molecular formula is C12H15N3O2. The van der Waals surface area contributed by atoms with E-state index in [0.717, 1.165) is 11.3 Å². The number of likely N-dealkylation sites (N-methyl/N-ethyl adjacent to an activating group) is 1. The fraction of sp³-hybridized carbons (Fsp3) is 0.333. The van der Waals surface area contributed by atoms with Gasteiger partial charge in [0.2, 0.25) is 5.91 Å². The normalized spacial score (nSPS) is 18.4. The second kappa shape index (κ2) is 3.48. The first-order chi connectivity index (χ1) is 7.89. The molecule has 0 aliphatic carbocycles. The summed E-state index contributed by atoms with van der Waals surface area (Å²) in [6.45, 7) is 3.78. The van der Waals surface area contributed by atoms with Crippen LogP contribution in [0.15, 0.2) is 23.4 Å². The smallest absolute Gasteiger partial charge is 0.236 e. The van der Waals surface area contributed by atoms with Crippen molar-refractivity contribution in [2.24, 2.45) is 10.9 Å². The molecule has 0 saturated heterocycles. The minimum absolute atomic E-state index is 0.0401. The number of anilines is 1. The van der Waals surface area contributed by atoms with E-state index in [4.69, 9.17) is 10.9 Å². The van der Waals surface area contributed by atoms with Gasteiger partial charge in [0.05, 0.1) is 5.41 Å². The quantitative estimate of drug-likeness (QED) is 0.329. The number of fused-ring (bicyclic) bond motifs is 1. The van der Waals surface area contributed by atoms with Crippen LogP contribution < -0.4 is 10.6 Å². The number of amidine groups is 1. The maximum absolute atomic E-state index is 12.0. The molecule has 17 heavy (non-hydrogen) atoms. The van der Waals surface area contributed by atoms with Crippen LogP contribution in [-0.2, 0) is 10.2 Å². The SMILES string of the molecule is CN1C(=O)C(C)(C)c2ccc(/C(N)=N/O)cc21. The van der Waals surface area contributed by atoms with Crippen molar-refractivity contribution in [2.45, 2.75) is 19.3 Å². The standard InChI is InChI=1S/C12H15N3O2/c1-12(2)8-5-4-7(10(13)14-17)6-9(8)15(3)11(12)16/h4-6,17H,1-3H3,(H2,13,14). The van der Waals surface area contributed by atoms with E-state index in [1.54, 1.807) is 24.1 Å². The number of hydrogen-bond acceptors (Lipinski definition) is 3. The molecule has 0 bridgehead atoms. The molecule has 0 unspecified atom stereocenters. The van der Waals surface area contributed by atoms with Crippen LogP contribution in [0.4, 0.5) is 5.69 Å². The number of carbonyl (C=O) groups excluding carboxylic acids is 1. The van der Waals surface area contributed by atoms with E-state index >= 15 is 0 Å². The summed E-state index contributed by atoms with van der Waals surface area (Å²) in [5, 5.41) is 11.6. The van der Waals surface area contributed by atoms with Crippen molar-refractivity contribution in [3.05, 3.63) is 29.3 Å². The zero-order valence-electron chi connectivity index (χ0n) is 10.1. The maximum atomic E-state index is 12.0. The molecule has 1 amide bonds. The van der Waals surface area contributed by atoms with E-state index in [9.17, 15) is 4.79 Å². The highest BCUT2D eigenvalue weighted by molar-refractivity contribution is 6.08. The molecule has 90 valence electrons. The van der Waals surface area contributed by atoms with Crippen molar-refractivity contribution in [3.63, 3.8) is 0 Å². The molecule has 5 nitrogen and oxygen atoms in total. The molecule has 1 aliphatic rings. The Bertz CT molecular complexity index is 520. The molecule has 0 radical (unpaired) electrons. The number of rotatable bonds is 1. The first-order valence-electron chi connectivity index (χ1n) is 5.30. The Balaban J connectivity index is 2.60. The number of amides is 1. The summed E-state index contributed by atoms with van der Waals surface area (Å²) in [6.07, 6.45) is 0. The van der Waals surface area contributed by atoms with Gasteiger partial charge in [-0.15, -0.1) is 0 Å². The Hall–Kier alpha value is -2.04. The van der Waals surface area contributed by atoms with Gasteiger partial charge in [-0.2, -0.15) is 0 Å². The topological polar surface area (TPSA) is 78.9 Å². The first-order valence-corrected chi connectivity index (χ1v) is 5.30. The third-order valence-electron chi connectivity index (χ3n) is 3.28. The molecule has 0 fully saturated rings. The van der Waals surface area contributed by atoms with Gasteiger partial charge in [-0.3, -0.25) is 4.79 Å². The van der Waals surface area contributed by atoms with Gasteiger partial charge in [-0.1, -0.05) is 17.3 Å². The second-order valence-corrected chi connectivity index (χ2v) is 4.71. The van der Waals surface area contributed by atoms with Crippen molar-refractivity contribution in [2.75, 3.05) is 11.9 Å². The zero-order valence-corrected chi connectivity index (χ0v) is 10.1. The van der Waals surface area contributed by atoms with Crippen molar-refractivity contribution in [1.29, 1.82) is 0 Å². The number of oxime groups is 1. The molecule has 0 aromatic heterocycles. The zero-order chi connectivity index (χ0) is 12.8. The van der Waals surface area contributed by atoms with Crippen LogP contribution in [-0.4, -0.2) is 24.0 Å².